The molecule has 0 aromatic carbocycles. The average Bonchev–Trinajstić information content (AvgIpc) is 3.16. The van der Waals surface area contributed by atoms with Crippen molar-refractivity contribution in [2.75, 3.05) is 40.9 Å². The van der Waals surface area contributed by atoms with Crippen LogP contribution in [-0.2, 0) is 18.4 Å². The highest BCUT2D eigenvalue weighted by atomic mass is 31.2. The molecule has 0 aliphatic carbocycles. The number of phosphoric acid groups is 1. The molecule has 0 bridgehead atoms. The van der Waals surface area contributed by atoms with E-state index in [0.29, 0.717) is 17.4 Å². The van der Waals surface area contributed by atoms with Crippen molar-refractivity contribution < 1.29 is 32.9 Å². The molecular formula is C48H92N2O6P+. The van der Waals surface area contributed by atoms with Gasteiger partial charge in [-0.15, -0.1) is 0 Å². The van der Waals surface area contributed by atoms with Crippen molar-refractivity contribution >= 4 is 13.7 Å². The van der Waals surface area contributed by atoms with E-state index >= 15 is 0 Å². The Morgan fingerprint density at radius 2 is 1.00 bits per heavy atom. The molecule has 9 heteroatoms. The van der Waals surface area contributed by atoms with E-state index in [1.807, 2.05) is 27.2 Å². The lowest BCUT2D eigenvalue weighted by atomic mass is 10.0. The number of amides is 1. The molecule has 334 valence electrons. The number of hydrogen-bond acceptors (Lipinski definition) is 5. The summed E-state index contributed by atoms with van der Waals surface area (Å²) >= 11 is 0. The van der Waals surface area contributed by atoms with Gasteiger partial charge in [0.2, 0.25) is 5.91 Å². The number of quaternary nitrogens is 1. The Labute approximate surface area is 352 Å². The molecule has 3 atom stereocenters. The van der Waals surface area contributed by atoms with Gasteiger partial charge in [0, 0.05) is 6.42 Å². The minimum Gasteiger partial charge on any atom is -0.387 e. The van der Waals surface area contributed by atoms with Crippen LogP contribution in [0.4, 0.5) is 0 Å². The standard InChI is InChI=1S/C48H91N2O6P/c1-6-8-10-12-14-16-18-20-21-22-23-24-25-26-27-28-29-30-32-34-36-38-40-42-48(52)49-46(45-56-57(53,54)55-44-43-50(3,4)5)47(51)41-39-37-35-33-31-19-17-15-13-11-9-7-2/h18,20,22-23,25-26,39,41,46-47,51H,6-17,19,21,24,27-38,40,42-45H2,1-5H3,(H-,49,52,53,54)/p+1/b20-18-,23-22-,26-25-,41-39+. The third-order valence-corrected chi connectivity index (χ3v) is 11.3. The van der Waals surface area contributed by atoms with Gasteiger partial charge in [-0.05, 0) is 57.8 Å². The number of aliphatic hydroxyl groups excluding tert-OH is 1. The molecule has 1 amide bonds. The molecule has 3 N–H and O–H groups in total. The fraction of sp³-hybridized carbons (Fsp3) is 0.812. The molecule has 0 aliphatic rings. The zero-order valence-corrected chi connectivity index (χ0v) is 38.7. The van der Waals surface area contributed by atoms with E-state index in [4.69, 9.17) is 9.05 Å². The van der Waals surface area contributed by atoms with Crippen molar-refractivity contribution in [1.29, 1.82) is 0 Å². The number of unbranched alkanes of at least 4 members (excludes halogenated alkanes) is 23. The molecule has 0 aromatic heterocycles. The third kappa shape index (κ3) is 42.4. The SMILES string of the molecule is CCCCCCC/C=C\C/C=C\C/C=C\CCCCCCCCCCC(=O)NC(COP(=O)(O)OCC[N+](C)(C)C)C(O)/C=C/CCCCCCCCCCCC. The second-order valence-electron chi connectivity index (χ2n) is 17.1. The fourth-order valence-electron chi connectivity index (χ4n) is 6.52. The summed E-state index contributed by atoms with van der Waals surface area (Å²) in [6.07, 6.45) is 50.3. The van der Waals surface area contributed by atoms with Crippen LogP contribution in [0.25, 0.3) is 0 Å². The van der Waals surface area contributed by atoms with Gasteiger partial charge in [0.15, 0.2) is 0 Å². The lowest BCUT2D eigenvalue weighted by molar-refractivity contribution is -0.870. The number of nitrogens with one attached hydrogen (secondary N) is 1. The zero-order chi connectivity index (χ0) is 42.1. The van der Waals surface area contributed by atoms with Crippen molar-refractivity contribution in [3.63, 3.8) is 0 Å². The molecule has 8 nitrogen and oxygen atoms in total. The first-order valence-electron chi connectivity index (χ1n) is 23.5. The van der Waals surface area contributed by atoms with Gasteiger partial charge >= 0.3 is 7.82 Å². The van der Waals surface area contributed by atoms with Crippen LogP contribution in [0.3, 0.4) is 0 Å². The largest absolute Gasteiger partial charge is 0.472 e. The van der Waals surface area contributed by atoms with Crippen LogP contribution in [0.2, 0.25) is 0 Å². The summed E-state index contributed by atoms with van der Waals surface area (Å²) in [5, 5.41) is 13.8. The second-order valence-corrected chi connectivity index (χ2v) is 18.6. The minimum absolute atomic E-state index is 0.0585. The number of carbonyl (C=O) groups is 1. The Morgan fingerprint density at radius 3 is 1.46 bits per heavy atom. The predicted molar refractivity (Wildman–Crippen MR) is 244 cm³/mol. The summed E-state index contributed by atoms with van der Waals surface area (Å²) in [5.74, 6) is -0.187. The number of rotatable bonds is 42. The van der Waals surface area contributed by atoms with Crippen molar-refractivity contribution in [3.8, 4) is 0 Å². The molecular weight excluding hydrogens is 732 g/mol. The van der Waals surface area contributed by atoms with E-state index < -0.39 is 20.0 Å². The maximum atomic E-state index is 12.9. The van der Waals surface area contributed by atoms with Crippen LogP contribution in [0, 0.1) is 0 Å². The number of carbonyl (C=O) groups excluding carboxylic acids is 1. The summed E-state index contributed by atoms with van der Waals surface area (Å²) in [6, 6.07) is -0.850. The minimum atomic E-state index is -4.34. The maximum Gasteiger partial charge on any atom is 0.472 e. The maximum absolute atomic E-state index is 12.9. The molecule has 0 radical (unpaired) electrons. The first-order chi connectivity index (χ1) is 27.5. The second kappa shape index (κ2) is 39.9. The van der Waals surface area contributed by atoms with Gasteiger partial charge < -0.3 is 19.8 Å². The van der Waals surface area contributed by atoms with E-state index in [1.165, 1.54) is 122 Å². The van der Waals surface area contributed by atoms with Crippen molar-refractivity contribution in [2.24, 2.45) is 0 Å². The van der Waals surface area contributed by atoms with Gasteiger partial charge in [-0.2, -0.15) is 0 Å². The number of allylic oxidation sites excluding steroid dienone is 7. The summed E-state index contributed by atoms with van der Waals surface area (Å²) in [4.78, 5) is 23.1. The molecule has 0 saturated carbocycles. The van der Waals surface area contributed by atoms with Gasteiger partial charge in [0.25, 0.3) is 0 Å². The lowest BCUT2D eigenvalue weighted by Gasteiger charge is -2.25. The summed E-state index contributed by atoms with van der Waals surface area (Å²) in [5.41, 5.74) is 0. The van der Waals surface area contributed by atoms with Gasteiger partial charge in [0.05, 0.1) is 39.9 Å². The van der Waals surface area contributed by atoms with Crippen LogP contribution in [0.5, 0.6) is 0 Å². The van der Waals surface area contributed by atoms with E-state index in [1.54, 1.807) is 6.08 Å². The first-order valence-corrected chi connectivity index (χ1v) is 25.0. The Hall–Kier alpha value is -1.54. The van der Waals surface area contributed by atoms with Crippen molar-refractivity contribution in [1.82, 2.24) is 5.32 Å². The molecule has 0 aliphatic heterocycles. The van der Waals surface area contributed by atoms with Gasteiger partial charge in [-0.3, -0.25) is 13.8 Å². The first kappa shape index (κ1) is 55.5. The Bertz CT molecular complexity index is 1070. The number of likely N-dealkylation sites (N-methyl/N-ethyl adjacent to an activating group) is 1. The number of phosphoric ester groups is 1. The quantitative estimate of drug-likeness (QED) is 0.0245. The van der Waals surface area contributed by atoms with Crippen LogP contribution >= 0.6 is 7.82 Å². The Morgan fingerprint density at radius 1 is 0.596 bits per heavy atom. The van der Waals surface area contributed by atoms with E-state index in [2.05, 4.69) is 55.6 Å². The van der Waals surface area contributed by atoms with E-state index in [0.717, 1.165) is 57.8 Å². The highest BCUT2D eigenvalue weighted by molar-refractivity contribution is 7.47. The summed E-state index contributed by atoms with van der Waals surface area (Å²) in [6.45, 7) is 4.78. The normalized spacial score (nSPS) is 14.7. The van der Waals surface area contributed by atoms with Crippen LogP contribution in [0.15, 0.2) is 48.6 Å². The van der Waals surface area contributed by atoms with Gasteiger partial charge in [-0.1, -0.05) is 184 Å². The monoisotopic (exact) mass is 824 g/mol. The van der Waals surface area contributed by atoms with E-state index in [-0.39, 0.29) is 19.1 Å². The molecule has 0 aromatic rings. The van der Waals surface area contributed by atoms with E-state index in [9.17, 15) is 19.4 Å². The molecule has 57 heavy (non-hydrogen) atoms. The van der Waals surface area contributed by atoms with Crippen molar-refractivity contribution in [3.05, 3.63) is 48.6 Å². The van der Waals surface area contributed by atoms with Crippen LogP contribution in [0.1, 0.15) is 200 Å². The molecule has 3 unspecified atom stereocenters. The van der Waals surface area contributed by atoms with Gasteiger partial charge in [-0.25, -0.2) is 4.57 Å². The lowest BCUT2D eigenvalue weighted by Crippen LogP contribution is -2.45. The van der Waals surface area contributed by atoms with Crippen LogP contribution < -0.4 is 5.32 Å². The number of hydrogen-bond donors (Lipinski definition) is 3. The van der Waals surface area contributed by atoms with Crippen molar-refractivity contribution in [2.45, 2.75) is 212 Å². The summed E-state index contributed by atoms with van der Waals surface area (Å²) in [7, 11) is 1.56. The molecule has 0 saturated heterocycles. The smallest absolute Gasteiger partial charge is 0.387 e. The number of aliphatic hydroxyl groups is 1. The predicted octanol–water partition coefficient (Wildman–Crippen LogP) is 13.2. The molecule has 0 rings (SSSR count). The molecule has 0 heterocycles. The number of nitrogens with zero attached hydrogens (tertiary/aromatic N) is 1. The fourth-order valence-corrected chi connectivity index (χ4v) is 7.25. The van der Waals surface area contributed by atoms with Crippen LogP contribution in [-0.4, -0.2) is 73.4 Å². The third-order valence-electron chi connectivity index (χ3n) is 10.3. The Kier molecular flexibility index (Phi) is 38.8. The average molecular weight is 824 g/mol. The highest BCUT2D eigenvalue weighted by Crippen LogP contribution is 2.43. The molecule has 0 fully saturated rings. The summed E-state index contributed by atoms with van der Waals surface area (Å²) < 4.78 is 23.5. The zero-order valence-electron chi connectivity index (χ0n) is 37.8. The molecule has 0 spiro atoms. The Balaban J connectivity index is 4.32. The highest BCUT2D eigenvalue weighted by Gasteiger charge is 2.27. The topological polar surface area (TPSA) is 105 Å². The van der Waals surface area contributed by atoms with Gasteiger partial charge in [0.1, 0.15) is 13.2 Å².